The molecule has 1 amide bonds. The molecular formula is C29H25ClN2O5. The Morgan fingerprint density at radius 1 is 0.973 bits per heavy atom. The Bertz CT molecular complexity index is 1430. The van der Waals surface area contributed by atoms with Gasteiger partial charge in [0.1, 0.15) is 11.8 Å². The van der Waals surface area contributed by atoms with Gasteiger partial charge in [-0.3, -0.25) is 10.1 Å². The van der Waals surface area contributed by atoms with Gasteiger partial charge in [-0.25, -0.2) is 9.78 Å². The second-order valence-corrected chi connectivity index (χ2v) is 9.36. The number of ether oxygens (including phenoxy) is 2. The number of carbonyl (C=O) groups is 2. The van der Waals surface area contributed by atoms with Crippen LogP contribution in [0.1, 0.15) is 37.0 Å². The molecule has 0 aliphatic heterocycles. The molecule has 7 nitrogen and oxygen atoms in total. The van der Waals surface area contributed by atoms with E-state index in [1.165, 1.54) is 13.5 Å². The summed E-state index contributed by atoms with van der Waals surface area (Å²) in [5, 5.41) is 3.15. The summed E-state index contributed by atoms with van der Waals surface area (Å²) in [4.78, 5) is 28.9. The van der Waals surface area contributed by atoms with Gasteiger partial charge in [-0.15, -0.1) is 0 Å². The standard InChI is InChI=1S/C29H25ClN2O5/c1-18(23-5-3-4-6-24(23)30)37-28(34)32-26-25(31-17-36-26)21-9-7-19(8-10-21)20-11-13-22(14-12-20)29(15-16-29)27(33)35-2/h3-14,17-18H,15-16H2,1-2H3,(H,32,34)/t18-/m1/s1. The van der Waals surface area contributed by atoms with Crippen molar-refractivity contribution in [1.82, 2.24) is 4.98 Å². The van der Waals surface area contributed by atoms with Crippen molar-refractivity contribution in [3.63, 3.8) is 0 Å². The summed E-state index contributed by atoms with van der Waals surface area (Å²) < 4.78 is 15.9. The summed E-state index contributed by atoms with van der Waals surface area (Å²) in [5.41, 5.74) is 4.48. The van der Waals surface area contributed by atoms with Crippen molar-refractivity contribution in [3.05, 3.63) is 95.3 Å². The molecule has 4 aromatic rings. The number of amides is 1. The maximum atomic E-state index is 12.5. The molecule has 0 saturated heterocycles. The number of anilines is 1. The molecule has 188 valence electrons. The molecule has 0 unspecified atom stereocenters. The average molecular weight is 517 g/mol. The van der Waals surface area contributed by atoms with Gasteiger partial charge in [0.15, 0.2) is 6.39 Å². The number of carbonyl (C=O) groups excluding carboxylic acids is 2. The van der Waals surface area contributed by atoms with Gasteiger partial charge in [-0.1, -0.05) is 78.3 Å². The number of rotatable bonds is 7. The van der Waals surface area contributed by atoms with Crippen molar-refractivity contribution >= 4 is 29.5 Å². The van der Waals surface area contributed by atoms with Gasteiger partial charge in [0.05, 0.1) is 12.5 Å². The van der Waals surface area contributed by atoms with E-state index in [0.29, 0.717) is 16.3 Å². The van der Waals surface area contributed by atoms with E-state index >= 15 is 0 Å². The summed E-state index contributed by atoms with van der Waals surface area (Å²) in [5.74, 6) is 0.00911. The van der Waals surface area contributed by atoms with E-state index < -0.39 is 17.6 Å². The zero-order chi connectivity index (χ0) is 26.0. The number of hydrogen-bond donors (Lipinski definition) is 1. The van der Waals surface area contributed by atoms with Crippen LogP contribution < -0.4 is 5.32 Å². The Balaban J connectivity index is 1.27. The number of hydrogen-bond acceptors (Lipinski definition) is 6. The van der Waals surface area contributed by atoms with E-state index in [1.54, 1.807) is 19.1 Å². The average Bonchev–Trinajstić information content (AvgIpc) is 3.61. The van der Waals surface area contributed by atoms with Gasteiger partial charge in [0.2, 0.25) is 5.88 Å². The fourth-order valence-electron chi connectivity index (χ4n) is 4.42. The van der Waals surface area contributed by atoms with Crippen molar-refractivity contribution in [2.45, 2.75) is 31.3 Å². The van der Waals surface area contributed by atoms with Crippen LogP contribution in [0.4, 0.5) is 10.7 Å². The third-order valence-corrected chi connectivity index (χ3v) is 7.01. The van der Waals surface area contributed by atoms with Gasteiger partial charge in [-0.2, -0.15) is 0 Å². The van der Waals surface area contributed by atoms with Crippen molar-refractivity contribution in [2.24, 2.45) is 0 Å². The second kappa shape index (κ2) is 10.1. The van der Waals surface area contributed by atoms with Crippen molar-refractivity contribution in [2.75, 3.05) is 12.4 Å². The zero-order valence-corrected chi connectivity index (χ0v) is 21.1. The smallest absolute Gasteiger partial charge is 0.414 e. The fraction of sp³-hybridized carbons (Fsp3) is 0.207. The Labute approximate surface area is 219 Å². The molecule has 1 aromatic heterocycles. The number of oxazole rings is 1. The van der Waals surface area contributed by atoms with Crippen LogP contribution >= 0.6 is 11.6 Å². The Hall–Kier alpha value is -4.10. The summed E-state index contributed by atoms with van der Waals surface area (Å²) in [7, 11) is 1.43. The molecule has 8 heteroatoms. The highest BCUT2D eigenvalue weighted by Crippen LogP contribution is 2.49. The third kappa shape index (κ3) is 4.95. The Morgan fingerprint density at radius 3 is 2.22 bits per heavy atom. The number of esters is 1. The van der Waals surface area contributed by atoms with Crippen LogP contribution in [0, 0.1) is 0 Å². The van der Waals surface area contributed by atoms with Crippen LogP contribution in [0.2, 0.25) is 5.02 Å². The highest BCUT2D eigenvalue weighted by Gasteiger charge is 2.52. The molecule has 0 radical (unpaired) electrons. The van der Waals surface area contributed by atoms with E-state index in [2.05, 4.69) is 10.3 Å². The number of aromatic nitrogens is 1. The first-order valence-electron chi connectivity index (χ1n) is 11.9. The Kier molecular flexibility index (Phi) is 6.72. The molecule has 1 heterocycles. The first kappa shape index (κ1) is 24.6. The maximum absolute atomic E-state index is 12.5. The molecular weight excluding hydrogens is 492 g/mol. The van der Waals surface area contributed by atoms with Gasteiger partial charge in [0, 0.05) is 16.1 Å². The van der Waals surface area contributed by atoms with E-state index in [1.807, 2.05) is 60.7 Å². The molecule has 5 rings (SSSR count). The second-order valence-electron chi connectivity index (χ2n) is 8.95. The summed E-state index contributed by atoms with van der Waals surface area (Å²) in [6.45, 7) is 1.74. The lowest BCUT2D eigenvalue weighted by atomic mass is 9.93. The molecule has 37 heavy (non-hydrogen) atoms. The molecule has 1 saturated carbocycles. The minimum atomic E-state index is -0.678. The van der Waals surface area contributed by atoms with Gasteiger partial charge < -0.3 is 13.9 Å². The van der Waals surface area contributed by atoms with Crippen LogP contribution in [0.5, 0.6) is 0 Å². The highest BCUT2D eigenvalue weighted by molar-refractivity contribution is 6.31. The van der Waals surface area contributed by atoms with Gasteiger partial charge >= 0.3 is 12.1 Å². The predicted molar refractivity (Wildman–Crippen MR) is 140 cm³/mol. The highest BCUT2D eigenvalue weighted by atomic mass is 35.5. The molecule has 1 N–H and O–H groups in total. The molecule has 1 fully saturated rings. The number of methoxy groups -OCH3 is 1. The number of nitrogens with zero attached hydrogens (tertiary/aromatic N) is 1. The predicted octanol–water partition coefficient (Wildman–Crippen LogP) is 7.18. The molecule has 1 aliphatic rings. The first-order chi connectivity index (χ1) is 17.9. The van der Waals surface area contributed by atoms with Gasteiger partial charge in [-0.05, 0) is 42.5 Å². The van der Waals surface area contributed by atoms with Crippen LogP contribution in [-0.2, 0) is 19.7 Å². The summed E-state index contributed by atoms with van der Waals surface area (Å²) in [6.07, 6.45) is 1.67. The lowest BCUT2D eigenvalue weighted by molar-refractivity contribution is -0.143. The van der Waals surface area contributed by atoms with Crippen LogP contribution in [0.25, 0.3) is 22.4 Å². The van der Waals surface area contributed by atoms with Crippen LogP contribution in [-0.4, -0.2) is 24.2 Å². The quantitative estimate of drug-likeness (QED) is 0.262. The maximum Gasteiger partial charge on any atom is 0.414 e. The monoisotopic (exact) mass is 516 g/mol. The van der Waals surface area contributed by atoms with Gasteiger partial charge in [0.25, 0.3) is 0 Å². The zero-order valence-electron chi connectivity index (χ0n) is 20.4. The lowest BCUT2D eigenvalue weighted by Crippen LogP contribution is -2.21. The SMILES string of the molecule is COC(=O)C1(c2ccc(-c3ccc(-c4ncoc4NC(=O)O[C@H](C)c4ccccc4Cl)cc3)cc2)CC1. The molecule has 1 aliphatic carbocycles. The molecule has 0 spiro atoms. The molecule has 3 aromatic carbocycles. The normalized spacial score (nSPS) is 14.5. The van der Waals surface area contributed by atoms with Crippen LogP contribution in [0.15, 0.2) is 83.6 Å². The third-order valence-electron chi connectivity index (χ3n) is 6.67. The summed E-state index contributed by atoms with van der Waals surface area (Å²) >= 11 is 6.20. The number of benzene rings is 3. The van der Waals surface area contributed by atoms with Crippen molar-refractivity contribution in [3.8, 4) is 22.4 Å². The Morgan fingerprint density at radius 2 is 1.59 bits per heavy atom. The van der Waals surface area contributed by atoms with Crippen molar-refractivity contribution in [1.29, 1.82) is 0 Å². The molecule has 1 atom stereocenters. The number of halogens is 1. The van der Waals surface area contributed by atoms with E-state index in [9.17, 15) is 9.59 Å². The van der Waals surface area contributed by atoms with E-state index in [-0.39, 0.29) is 11.9 Å². The minimum absolute atomic E-state index is 0.177. The summed E-state index contributed by atoms with van der Waals surface area (Å²) in [6, 6.07) is 22.9. The van der Waals surface area contributed by atoms with E-state index in [4.69, 9.17) is 25.5 Å². The lowest BCUT2D eigenvalue weighted by Gasteiger charge is -2.15. The topological polar surface area (TPSA) is 90.7 Å². The minimum Gasteiger partial charge on any atom is -0.468 e. The fourth-order valence-corrected chi connectivity index (χ4v) is 4.71. The molecule has 0 bridgehead atoms. The number of nitrogens with one attached hydrogen (secondary N) is 1. The van der Waals surface area contributed by atoms with Crippen LogP contribution in [0.3, 0.4) is 0 Å². The van der Waals surface area contributed by atoms with Crippen molar-refractivity contribution < 1.29 is 23.5 Å². The van der Waals surface area contributed by atoms with E-state index in [0.717, 1.165) is 35.1 Å². The first-order valence-corrected chi connectivity index (χ1v) is 12.2. The largest absolute Gasteiger partial charge is 0.468 e.